The molecule has 0 aliphatic rings. The molecule has 100 heavy (non-hydrogen) atoms. The van der Waals surface area contributed by atoms with Gasteiger partial charge in [-0.1, -0.05) is 364 Å². The van der Waals surface area contributed by atoms with Crippen molar-refractivity contribution in [3.63, 3.8) is 0 Å². The van der Waals surface area contributed by atoms with E-state index in [4.69, 9.17) is 37.0 Å². The first kappa shape index (κ1) is 98.1. The van der Waals surface area contributed by atoms with Gasteiger partial charge in [0.25, 0.3) is 0 Å². The number of hydrogen-bond donors (Lipinski definition) is 3. The SMILES string of the molecule is CCC(C)CCCCCCCCCCCCCCCCCCCCC(=O)O[C@H](COC(=O)CCCCCCCCCC(C)C)COP(=O)(O)OCC(O)COP(=O)(O)OC[C@@H](COC(=O)CCCCCCCCC(C)CC)OC(=O)CCCCCCCCCCCCCCCCC(C)CC. The third-order valence-electron chi connectivity index (χ3n) is 19.9. The van der Waals surface area contributed by atoms with Crippen molar-refractivity contribution in [2.75, 3.05) is 39.6 Å². The van der Waals surface area contributed by atoms with Crippen LogP contribution in [-0.2, 0) is 65.4 Å². The highest BCUT2D eigenvalue weighted by atomic mass is 31.2. The zero-order valence-corrected chi connectivity index (χ0v) is 67.6. The van der Waals surface area contributed by atoms with Crippen molar-refractivity contribution in [1.29, 1.82) is 0 Å². The van der Waals surface area contributed by atoms with E-state index >= 15 is 0 Å². The maximum atomic E-state index is 13.1. The van der Waals surface area contributed by atoms with Crippen LogP contribution in [0.4, 0.5) is 0 Å². The van der Waals surface area contributed by atoms with Gasteiger partial charge in [-0.15, -0.1) is 0 Å². The third kappa shape index (κ3) is 70.4. The molecule has 0 saturated heterocycles. The topological polar surface area (TPSA) is 237 Å². The van der Waals surface area contributed by atoms with E-state index in [-0.39, 0.29) is 25.7 Å². The van der Waals surface area contributed by atoms with Gasteiger partial charge in [0.2, 0.25) is 0 Å². The van der Waals surface area contributed by atoms with E-state index < -0.39 is 97.5 Å². The third-order valence-corrected chi connectivity index (χ3v) is 21.8. The quantitative estimate of drug-likeness (QED) is 0.0222. The molecule has 17 nitrogen and oxygen atoms in total. The molecule has 594 valence electrons. The van der Waals surface area contributed by atoms with Crippen LogP contribution in [-0.4, -0.2) is 96.7 Å². The van der Waals surface area contributed by atoms with Crippen LogP contribution in [0, 0.1) is 23.7 Å². The summed E-state index contributed by atoms with van der Waals surface area (Å²) in [5.74, 6) is 1.03. The number of carbonyl (C=O) groups is 4. The summed E-state index contributed by atoms with van der Waals surface area (Å²) in [5, 5.41) is 10.6. The Morgan fingerprint density at radius 1 is 0.280 bits per heavy atom. The van der Waals surface area contributed by atoms with E-state index in [1.807, 2.05) is 0 Å². The first-order valence-electron chi connectivity index (χ1n) is 41.8. The van der Waals surface area contributed by atoms with Crippen LogP contribution in [0.15, 0.2) is 0 Å². The van der Waals surface area contributed by atoms with Crippen LogP contribution in [0.3, 0.4) is 0 Å². The second kappa shape index (κ2) is 70.1. The first-order valence-corrected chi connectivity index (χ1v) is 44.8. The van der Waals surface area contributed by atoms with E-state index in [0.29, 0.717) is 31.6 Å². The minimum absolute atomic E-state index is 0.106. The fourth-order valence-corrected chi connectivity index (χ4v) is 13.9. The molecule has 8 atom stereocenters. The summed E-state index contributed by atoms with van der Waals surface area (Å²) in [6, 6.07) is 0. The van der Waals surface area contributed by atoms with Gasteiger partial charge in [0.05, 0.1) is 26.4 Å². The summed E-state index contributed by atoms with van der Waals surface area (Å²) in [7, 11) is -9.92. The predicted octanol–water partition coefficient (Wildman–Crippen LogP) is 24.0. The minimum atomic E-state index is -4.96. The van der Waals surface area contributed by atoms with Gasteiger partial charge in [-0.3, -0.25) is 37.3 Å². The molecule has 0 aromatic rings. The molecule has 6 unspecified atom stereocenters. The molecular formula is C81H158O17P2. The highest BCUT2D eigenvalue weighted by Gasteiger charge is 2.30. The Morgan fingerprint density at radius 2 is 0.480 bits per heavy atom. The smallest absolute Gasteiger partial charge is 0.462 e. The van der Waals surface area contributed by atoms with Gasteiger partial charge >= 0.3 is 39.5 Å². The Balaban J connectivity index is 5.16. The highest BCUT2D eigenvalue weighted by molar-refractivity contribution is 7.47. The number of ether oxygens (including phenoxy) is 4. The molecule has 0 aliphatic heterocycles. The number of aliphatic hydroxyl groups excluding tert-OH is 1. The maximum absolute atomic E-state index is 13.1. The van der Waals surface area contributed by atoms with Crippen LogP contribution in [0.25, 0.3) is 0 Å². The number of phosphoric acid groups is 2. The van der Waals surface area contributed by atoms with Crippen LogP contribution < -0.4 is 0 Å². The average Bonchev–Trinajstić information content (AvgIpc) is 0.945. The lowest BCUT2D eigenvalue weighted by atomic mass is 9.99. The second-order valence-corrected chi connectivity index (χ2v) is 33.3. The molecule has 0 aliphatic carbocycles. The van der Waals surface area contributed by atoms with Gasteiger partial charge in [0.1, 0.15) is 19.3 Å². The molecule has 3 N–H and O–H groups in total. The van der Waals surface area contributed by atoms with Crippen molar-refractivity contribution in [3.8, 4) is 0 Å². The van der Waals surface area contributed by atoms with Gasteiger partial charge in [-0.25, -0.2) is 9.13 Å². The molecule has 0 saturated carbocycles. The summed E-state index contributed by atoms with van der Waals surface area (Å²) in [4.78, 5) is 72.9. The van der Waals surface area contributed by atoms with Gasteiger partial charge in [0.15, 0.2) is 12.2 Å². The summed E-state index contributed by atoms with van der Waals surface area (Å²) >= 11 is 0. The molecular weight excluding hydrogens is 1310 g/mol. The lowest BCUT2D eigenvalue weighted by molar-refractivity contribution is -0.161. The van der Waals surface area contributed by atoms with Crippen molar-refractivity contribution in [2.24, 2.45) is 23.7 Å². The zero-order valence-electron chi connectivity index (χ0n) is 65.8. The van der Waals surface area contributed by atoms with Gasteiger partial charge < -0.3 is 33.8 Å². The van der Waals surface area contributed by atoms with Crippen LogP contribution >= 0.6 is 15.6 Å². The highest BCUT2D eigenvalue weighted by Crippen LogP contribution is 2.45. The van der Waals surface area contributed by atoms with E-state index in [1.54, 1.807) is 0 Å². The fraction of sp³-hybridized carbons (Fsp3) is 0.951. The van der Waals surface area contributed by atoms with Crippen molar-refractivity contribution in [1.82, 2.24) is 0 Å². The Labute approximate surface area is 613 Å². The standard InChI is InChI=1S/C81H158O17P2/c1-9-72(6)58-50-42-34-28-24-20-16-14-12-13-15-17-22-26-30-36-47-55-63-80(85)97-76(67-91-78(83)61-53-45-38-32-33-41-49-57-71(4)5)69-95-99(87,88)93-65-75(82)66-94-100(89,90)96-70-77(68-92-79(84)62-54-46-40-39-44-52-60-74(8)11-3)98-81(86)64-56-48-37-31-27-23-19-18-21-25-29-35-43-51-59-73(7)10-2/h71-77,82H,9-70H2,1-8H3,(H,87,88)(H,89,90)/t72?,73?,74?,75?,76-,77-/m1/s1. The van der Waals surface area contributed by atoms with Gasteiger partial charge in [0, 0.05) is 25.7 Å². The van der Waals surface area contributed by atoms with Crippen LogP contribution in [0.5, 0.6) is 0 Å². The number of hydrogen-bond acceptors (Lipinski definition) is 15. The summed E-state index contributed by atoms with van der Waals surface area (Å²) < 4.78 is 68.6. The molecule has 0 fully saturated rings. The predicted molar refractivity (Wildman–Crippen MR) is 409 cm³/mol. The molecule has 0 spiro atoms. The van der Waals surface area contributed by atoms with Crippen molar-refractivity contribution >= 4 is 39.5 Å². The Morgan fingerprint density at radius 3 is 0.710 bits per heavy atom. The molecule has 0 heterocycles. The Hall–Kier alpha value is -1.94. The van der Waals surface area contributed by atoms with E-state index in [2.05, 4.69) is 55.4 Å². The molecule has 19 heteroatoms. The lowest BCUT2D eigenvalue weighted by Gasteiger charge is -2.21. The number of esters is 4. The normalized spacial score (nSPS) is 14.8. The largest absolute Gasteiger partial charge is 0.472 e. The molecule has 0 aromatic heterocycles. The molecule has 0 radical (unpaired) electrons. The van der Waals surface area contributed by atoms with Gasteiger partial charge in [-0.05, 0) is 49.4 Å². The molecule has 0 aromatic carbocycles. The average molecular weight is 1470 g/mol. The molecule has 0 amide bonds. The van der Waals surface area contributed by atoms with E-state index in [0.717, 1.165) is 120 Å². The van der Waals surface area contributed by atoms with Crippen LogP contribution in [0.1, 0.15) is 415 Å². The summed E-state index contributed by atoms with van der Waals surface area (Å²) in [5.41, 5.74) is 0. The summed E-state index contributed by atoms with van der Waals surface area (Å²) in [6.07, 6.45) is 57.0. The molecule has 0 bridgehead atoms. The number of phosphoric ester groups is 2. The first-order chi connectivity index (χ1) is 48.2. The van der Waals surface area contributed by atoms with Crippen LogP contribution in [0.2, 0.25) is 0 Å². The maximum Gasteiger partial charge on any atom is 0.472 e. The number of rotatable bonds is 78. The van der Waals surface area contributed by atoms with Crippen molar-refractivity contribution < 1.29 is 80.2 Å². The van der Waals surface area contributed by atoms with Crippen molar-refractivity contribution in [2.45, 2.75) is 433 Å². The Kier molecular flexibility index (Phi) is 68.7. The monoisotopic (exact) mass is 1470 g/mol. The lowest BCUT2D eigenvalue weighted by Crippen LogP contribution is -2.30. The van der Waals surface area contributed by atoms with Gasteiger partial charge in [-0.2, -0.15) is 0 Å². The number of unbranched alkanes of at least 4 members (excludes halogenated alkanes) is 41. The van der Waals surface area contributed by atoms with Crippen molar-refractivity contribution in [3.05, 3.63) is 0 Å². The fourth-order valence-electron chi connectivity index (χ4n) is 12.3. The number of aliphatic hydroxyl groups is 1. The van der Waals surface area contributed by atoms with E-state index in [1.165, 1.54) is 205 Å². The molecule has 0 rings (SSSR count). The zero-order chi connectivity index (χ0) is 73.8. The Bertz CT molecular complexity index is 1960. The second-order valence-electron chi connectivity index (χ2n) is 30.4. The number of carbonyl (C=O) groups excluding carboxylic acids is 4. The minimum Gasteiger partial charge on any atom is -0.462 e. The van der Waals surface area contributed by atoms with E-state index in [9.17, 15) is 43.2 Å². The summed E-state index contributed by atoms with van der Waals surface area (Å²) in [6.45, 7) is 14.3.